The number of carbonyl (C=O) groups is 2. The second-order valence-corrected chi connectivity index (χ2v) is 7.87. The van der Waals surface area contributed by atoms with Gasteiger partial charge in [-0.3, -0.25) is 4.79 Å². The minimum Gasteiger partial charge on any atom is -0.466 e. The van der Waals surface area contributed by atoms with Gasteiger partial charge in [-0.15, -0.1) is 0 Å². The summed E-state index contributed by atoms with van der Waals surface area (Å²) in [6, 6.07) is 7.72. The largest absolute Gasteiger partial charge is 0.466 e. The summed E-state index contributed by atoms with van der Waals surface area (Å²) in [6.07, 6.45) is 0.267. The average Bonchev–Trinajstić information content (AvgIpc) is 3.10. The second kappa shape index (κ2) is 8.86. The Morgan fingerprint density at radius 1 is 1.17 bits per heavy atom. The summed E-state index contributed by atoms with van der Waals surface area (Å²) in [6.45, 7) is 9.15. The first-order valence-corrected chi connectivity index (χ1v) is 10.7. The van der Waals surface area contributed by atoms with Crippen molar-refractivity contribution >= 4 is 28.8 Å². The second-order valence-electron chi connectivity index (χ2n) is 7.04. The van der Waals surface area contributed by atoms with E-state index in [9.17, 15) is 9.59 Å². The molecule has 1 aromatic carbocycles. The van der Waals surface area contributed by atoms with Crippen LogP contribution in [0.25, 0.3) is 0 Å². The van der Waals surface area contributed by atoms with Gasteiger partial charge in [-0.2, -0.15) is 0 Å². The van der Waals surface area contributed by atoms with Crippen LogP contribution >= 0.6 is 11.8 Å². The zero-order valence-electron chi connectivity index (χ0n) is 17.6. The normalized spacial score (nSPS) is 18.2. The Labute approximate surface area is 176 Å². The number of benzene rings is 1. The number of allylic oxidation sites excluding steroid dienone is 1. The third-order valence-corrected chi connectivity index (χ3v) is 6.14. The number of carbonyl (C=O) groups excluding carboxylic acids is 2. The van der Waals surface area contributed by atoms with Crippen LogP contribution in [-0.2, 0) is 14.3 Å². The van der Waals surface area contributed by atoms with Crippen molar-refractivity contribution in [2.75, 3.05) is 20.2 Å². The molecule has 1 aromatic rings. The lowest BCUT2D eigenvalue weighted by Crippen LogP contribution is -2.38. The van der Waals surface area contributed by atoms with Crippen LogP contribution in [-0.4, -0.2) is 47.0 Å². The molecule has 2 aliphatic rings. The zero-order chi connectivity index (χ0) is 21.1. The fourth-order valence-corrected chi connectivity index (χ4v) is 4.61. The zero-order valence-corrected chi connectivity index (χ0v) is 18.4. The predicted octanol–water partition coefficient (Wildman–Crippen LogP) is 4.00. The maximum absolute atomic E-state index is 12.8. The maximum Gasteiger partial charge on any atom is 0.338 e. The number of nitrogens with zero attached hydrogens (tertiary/aromatic N) is 3. The van der Waals surface area contributed by atoms with Crippen molar-refractivity contribution < 1.29 is 14.3 Å². The monoisotopic (exact) mass is 413 g/mol. The topological polar surface area (TPSA) is 62.2 Å². The Kier molecular flexibility index (Phi) is 6.47. The van der Waals surface area contributed by atoms with Crippen molar-refractivity contribution in [2.45, 2.75) is 40.2 Å². The molecular formula is C22H27N3O3S. The maximum atomic E-state index is 12.8. The molecule has 2 heterocycles. The van der Waals surface area contributed by atoms with Crippen LogP contribution in [0.2, 0.25) is 0 Å². The lowest BCUT2D eigenvalue weighted by Gasteiger charge is -2.36. The molecule has 0 fully saturated rings. The van der Waals surface area contributed by atoms with Crippen LogP contribution in [0.5, 0.6) is 0 Å². The lowest BCUT2D eigenvalue weighted by atomic mass is 9.93. The van der Waals surface area contributed by atoms with Crippen LogP contribution in [0.15, 0.2) is 51.6 Å². The number of thioether (sulfide) groups is 1. The van der Waals surface area contributed by atoms with E-state index in [0.29, 0.717) is 24.4 Å². The highest BCUT2D eigenvalue weighted by atomic mass is 32.2. The van der Waals surface area contributed by atoms with Crippen LogP contribution < -0.4 is 0 Å². The van der Waals surface area contributed by atoms with Crippen molar-refractivity contribution in [1.82, 2.24) is 9.80 Å². The molecule has 29 heavy (non-hydrogen) atoms. The highest BCUT2D eigenvalue weighted by Crippen LogP contribution is 2.44. The van der Waals surface area contributed by atoms with Gasteiger partial charge >= 0.3 is 5.97 Å². The Balaban J connectivity index is 2.03. The third-order valence-electron chi connectivity index (χ3n) is 5.25. The molecule has 0 aromatic heterocycles. The molecule has 0 bridgehead atoms. The Morgan fingerprint density at radius 3 is 2.41 bits per heavy atom. The minimum atomic E-state index is -0.401. The molecule has 154 valence electrons. The van der Waals surface area contributed by atoms with Gasteiger partial charge in [-0.1, -0.05) is 41.6 Å². The lowest BCUT2D eigenvalue weighted by molar-refractivity contribution is -0.136. The van der Waals surface area contributed by atoms with Gasteiger partial charge in [0, 0.05) is 18.8 Å². The van der Waals surface area contributed by atoms with Crippen molar-refractivity contribution in [3.8, 4) is 0 Å². The first-order chi connectivity index (χ1) is 13.9. The molecule has 0 saturated heterocycles. The molecule has 1 atom stereocenters. The molecule has 6 nitrogen and oxygen atoms in total. The van der Waals surface area contributed by atoms with E-state index in [2.05, 4.69) is 4.99 Å². The van der Waals surface area contributed by atoms with Crippen LogP contribution in [0, 0.1) is 6.92 Å². The highest BCUT2D eigenvalue weighted by molar-refractivity contribution is 8.16. The summed E-state index contributed by atoms with van der Waals surface area (Å²) < 4.78 is 5.08. The Hall–Kier alpha value is -2.54. The van der Waals surface area contributed by atoms with Crippen LogP contribution in [0.4, 0.5) is 0 Å². The SMILES string of the molecule is CCN(CC)C(=O)CC1=CSC2=NC(C)=C(C(=O)OC)C(c3ccc(C)cc3)N12. The van der Waals surface area contributed by atoms with Crippen molar-refractivity contribution in [2.24, 2.45) is 4.99 Å². The van der Waals surface area contributed by atoms with E-state index in [1.807, 2.05) is 67.2 Å². The predicted molar refractivity (Wildman–Crippen MR) is 116 cm³/mol. The fraction of sp³-hybridized carbons (Fsp3) is 0.409. The summed E-state index contributed by atoms with van der Waals surface area (Å²) in [5.41, 5.74) is 4.10. The van der Waals surface area contributed by atoms with Gasteiger partial charge < -0.3 is 14.5 Å². The smallest absolute Gasteiger partial charge is 0.338 e. The third kappa shape index (κ3) is 4.10. The van der Waals surface area contributed by atoms with E-state index in [0.717, 1.165) is 22.0 Å². The number of esters is 1. The standard InChI is InChI=1S/C22H27N3O3S/c1-6-24(7-2)18(26)12-17-13-29-22-23-15(4)19(21(27)28-5)20(25(17)22)16-10-8-14(3)9-11-16/h8-11,13,20H,6-7,12H2,1-5H3. The first kappa shape index (κ1) is 21.2. The van der Waals surface area contributed by atoms with Gasteiger partial charge in [0.15, 0.2) is 5.17 Å². The fourth-order valence-electron chi connectivity index (χ4n) is 3.65. The number of amidine groups is 1. The van der Waals surface area contributed by atoms with Crippen molar-refractivity contribution in [3.63, 3.8) is 0 Å². The van der Waals surface area contributed by atoms with E-state index in [-0.39, 0.29) is 18.4 Å². The number of hydrogen-bond acceptors (Lipinski definition) is 6. The summed E-state index contributed by atoms with van der Waals surface area (Å²) in [7, 11) is 1.38. The van der Waals surface area contributed by atoms with E-state index in [1.165, 1.54) is 18.9 Å². The number of aliphatic imine (C=N–C) groups is 1. The molecule has 0 spiro atoms. The minimum absolute atomic E-state index is 0.0663. The molecule has 0 N–H and O–H groups in total. The van der Waals surface area contributed by atoms with Gasteiger partial charge in [0.25, 0.3) is 0 Å². The number of hydrogen-bond donors (Lipinski definition) is 0. The van der Waals surface area contributed by atoms with Gasteiger partial charge in [-0.25, -0.2) is 9.79 Å². The van der Waals surface area contributed by atoms with E-state index >= 15 is 0 Å². The number of fused-ring (bicyclic) bond motifs is 1. The number of methoxy groups -OCH3 is 1. The Morgan fingerprint density at radius 2 is 1.83 bits per heavy atom. The molecule has 0 radical (unpaired) electrons. The molecule has 2 aliphatic heterocycles. The van der Waals surface area contributed by atoms with Crippen molar-refractivity contribution in [3.05, 3.63) is 57.8 Å². The number of aryl methyl sites for hydroxylation is 1. The van der Waals surface area contributed by atoms with Gasteiger partial charge in [0.2, 0.25) is 5.91 Å². The first-order valence-electron chi connectivity index (χ1n) is 9.78. The van der Waals surface area contributed by atoms with E-state index in [1.54, 1.807) is 0 Å². The molecule has 0 saturated carbocycles. The molecule has 1 unspecified atom stereocenters. The summed E-state index contributed by atoms with van der Waals surface area (Å²) in [4.78, 5) is 33.9. The average molecular weight is 414 g/mol. The van der Waals surface area contributed by atoms with Gasteiger partial charge in [0.05, 0.1) is 30.8 Å². The molecule has 1 amide bonds. The van der Waals surface area contributed by atoms with Crippen molar-refractivity contribution in [1.29, 1.82) is 0 Å². The van der Waals surface area contributed by atoms with Crippen LogP contribution in [0.1, 0.15) is 44.4 Å². The molecule has 3 rings (SSSR count). The summed E-state index contributed by atoms with van der Waals surface area (Å²) in [5.74, 6) is -0.334. The van der Waals surface area contributed by atoms with Crippen LogP contribution in [0.3, 0.4) is 0 Å². The van der Waals surface area contributed by atoms with Gasteiger partial charge in [0.1, 0.15) is 0 Å². The highest BCUT2D eigenvalue weighted by Gasteiger charge is 2.41. The number of ether oxygens (including phenoxy) is 1. The summed E-state index contributed by atoms with van der Waals surface area (Å²) >= 11 is 1.49. The molecule has 7 heteroatoms. The van der Waals surface area contributed by atoms with E-state index < -0.39 is 5.97 Å². The van der Waals surface area contributed by atoms with E-state index in [4.69, 9.17) is 4.74 Å². The Bertz CT molecular complexity index is 898. The molecular weight excluding hydrogens is 386 g/mol. The quantitative estimate of drug-likeness (QED) is 0.660. The summed E-state index contributed by atoms with van der Waals surface area (Å²) in [5, 5.41) is 2.75. The number of amides is 1. The number of rotatable bonds is 6. The van der Waals surface area contributed by atoms with Gasteiger partial charge in [-0.05, 0) is 38.7 Å². The molecule has 0 aliphatic carbocycles.